The van der Waals surface area contributed by atoms with Crippen LogP contribution in [0.1, 0.15) is 5.56 Å². The molecule has 96 valence electrons. The highest BCUT2D eigenvalue weighted by molar-refractivity contribution is 7.08. The molecule has 0 aliphatic rings. The Morgan fingerprint density at radius 2 is 2.16 bits per heavy atom. The summed E-state index contributed by atoms with van der Waals surface area (Å²) in [7, 11) is 0. The Balaban J connectivity index is 2.22. The second-order valence-electron chi connectivity index (χ2n) is 4.25. The number of benzene rings is 1. The van der Waals surface area contributed by atoms with Crippen LogP contribution in [0, 0.1) is 6.92 Å². The van der Waals surface area contributed by atoms with Crippen LogP contribution in [-0.2, 0) is 0 Å². The molecule has 5 heteroatoms. The Bertz CT molecular complexity index is 733. The zero-order chi connectivity index (χ0) is 13.4. The highest BCUT2D eigenvalue weighted by Gasteiger charge is 2.19. The number of rotatable bonds is 2. The lowest BCUT2D eigenvalue weighted by molar-refractivity contribution is 0.439. The van der Waals surface area contributed by atoms with Crippen molar-refractivity contribution < 1.29 is 4.52 Å². The summed E-state index contributed by atoms with van der Waals surface area (Å²) in [6.45, 7) is 2.04. The molecule has 2 N–H and O–H groups in total. The molecule has 0 aliphatic heterocycles. The molecule has 3 rings (SSSR count). The van der Waals surface area contributed by atoms with Crippen LogP contribution in [0.5, 0.6) is 0 Å². The molecule has 0 aliphatic carbocycles. The molecule has 0 saturated carbocycles. The Morgan fingerprint density at radius 3 is 2.84 bits per heavy atom. The molecule has 0 radical (unpaired) electrons. The molecule has 0 atom stereocenters. The highest BCUT2D eigenvalue weighted by atomic mass is 35.5. The van der Waals surface area contributed by atoms with Gasteiger partial charge in [-0.05, 0) is 35.6 Å². The van der Waals surface area contributed by atoms with Gasteiger partial charge in [-0.15, -0.1) is 0 Å². The van der Waals surface area contributed by atoms with Gasteiger partial charge in [0.1, 0.15) is 5.69 Å². The van der Waals surface area contributed by atoms with Crippen molar-refractivity contribution in [2.24, 2.45) is 0 Å². The molecule has 19 heavy (non-hydrogen) atoms. The minimum absolute atomic E-state index is 0.308. The fourth-order valence-corrected chi connectivity index (χ4v) is 3.04. The number of halogens is 1. The molecule has 0 spiro atoms. The van der Waals surface area contributed by atoms with Crippen LogP contribution < -0.4 is 5.73 Å². The third-order valence-corrected chi connectivity index (χ3v) is 4.04. The minimum Gasteiger partial charge on any atom is -0.367 e. The zero-order valence-corrected chi connectivity index (χ0v) is 11.8. The van der Waals surface area contributed by atoms with E-state index in [4.69, 9.17) is 21.9 Å². The molecular weight excluding hydrogens is 280 g/mol. The molecule has 0 bridgehead atoms. The molecular formula is C14H11ClN2OS. The van der Waals surface area contributed by atoms with Gasteiger partial charge in [0.25, 0.3) is 0 Å². The van der Waals surface area contributed by atoms with Gasteiger partial charge in [0.15, 0.2) is 0 Å². The smallest absolute Gasteiger partial charge is 0.230 e. The molecule has 0 saturated heterocycles. The van der Waals surface area contributed by atoms with Crippen LogP contribution in [0.25, 0.3) is 22.4 Å². The average molecular weight is 291 g/mol. The maximum Gasteiger partial charge on any atom is 0.230 e. The molecule has 0 amide bonds. The van der Waals surface area contributed by atoms with E-state index in [2.05, 4.69) is 10.5 Å². The third kappa shape index (κ3) is 2.13. The van der Waals surface area contributed by atoms with Gasteiger partial charge < -0.3 is 10.3 Å². The minimum atomic E-state index is 0.308. The van der Waals surface area contributed by atoms with Crippen molar-refractivity contribution in [3.8, 4) is 22.4 Å². The first-order chi connectivity index (χ1) is 9.16. The number of anilines is 1. The van der Waals surface area contributed by atoms with E-state index in [1.165, 1.54) is 0 Å². The fraction of sp³-hybridized carbons (Fsp3) is 0.0714. The number of hydrogen-bond donors (Lipinski definition) is 1. The summed E-state index contributed by atoms with van der Waals surface area (Å²) in [5, 5.41) is 8.86. The fourth-order valence-electron chi connectivity index (χ4n) is 2.01. The van der Waals surface area contributed by atoms with Gasteiger partial charge in [-0.2, -0.15) is 11.3 Å². The average Bonchev–Trinajstić information content (AvgIpc) is 2.95. The van der Waals surface area contributed by atoms with Gasteiger partial charge >= 0.3 is 0 Å². The van der Waals surface area contributed by atoms with E-state index >= 15 is 0 Å². The Hall–Kier alpha value is -1.78. The van der Waals surface area contributed by atoms with Crippen LogP contribution in [-0.4, -0.2) is 5.16 Å². The normalized spacial score (nSPS) is 10.8. The molecule has 2 aromatic heterocycles. The van der Waals surface area contributed by atoms with E-state index in [9.17, 15) is 0 Å². The predicted molar refractivity (Wildman–Crippen MR) is 79.4 cm³/mol. The quantitative estimate of drug-likeness (QED) is 0.749. The van der Waals surface area contributed by atoms with Gasteiger partial charge in [0.2, 0.25) is 5.88 Å². The second-order valence-corrected chi connectivity index (χ2v) is 5.43. The predicted octanol–water partition coefficient (Wildman–Crippen LogP) is 4.61. The summed E-state index contributed by atoms with van der Waals surface area (Å²) < 4.78 is 5.16. The van der Waals surface area contributed by atoms with Crippen LogP contribution in [0.4, 0.5) is 5.88 Å². The van der Waals surface area contributed by atoms with Gasteiger partial charge in [-0.25, -0.2) is 0 Å². The monoisotopic (exact) mass is 290 g/mol. The third-order valence-electron chi connectivity index (χ3n) is 2.94. The van der Waals surface area contributed by atoms with Crippen LogP contribution >= 0.6 is 22.9 Å². The van der Waals surface area contributed by atoms with Crippen molar-refractivity contribution >= 4 is 28.8 Å². The van der Waals surface area contributed by atoms with Crippen molar-refractivity contribution in [3.63, 3.8) is 0 Å². The summed E-state index contributed by atoms with van der Waals surface area (Å²) >= 11 is 7.66. The van der Waals surface area contributed by atoms with Crippen molar-refractivity contribution in [1.82, 2.24) is 5.16 Å². The Kier molecular flexibility index (Phi) is 3.05. The first kappa shape index (κ1) is 12.3. The van der Waals surface area contributed by atoms with Crippen molar-refractivity contribution in [1.29, 1.82) is 0 Å². The van der Waals surface area contributed by atoms with Crippen LogP contribution in [0.2, 0.25) is 5.02 Å². The van der Waals surface area contributed by atoms with Crippen LogP contribution in [0.15, 0.2) is 39.5 Å². The molecule has 1 aromatic carbocycles. The standard InChI is InChI=1S/C14H11ClN2OS/c1-8-6-19-7-11(8)13-12(14(16)18-17-13)9-3-2-4-10(15)5-9/h2-7H,16H2,1H3. The molecule has 0 unspecified atom stereocenters. The maximum atomic E-state index is 6.03. The van der Waals surface area contributed by atoms with E-state index in [-0.39, 0.29) is 0 Å². The largest absolute Gasteiger partial charge is 0.367 e. The van der Waals surface area contributed by atoms with Crippen molar-refractivity contribution in [2.45, 2.75) is 6.92 Å². The summed E-state index contributed by atoms with van der Waals surface area (Å²) in [4.78, 5) is 0. The number of nitrogens with zero attached hydrogens (tertiary/aromatic N) is 1. The summed E-state index contributed by atoms with van der Waals surface area (Å²) in [5.74, 6) is 0.308. The van der Waals surface area contributed by atoms with Crippen molar-refractivity contribution in [2.75, 3.05) is 5.73 Å². The first-order valence-electron chi connectivity index (χ1n) is 5.71. The second kappa shape index (κ2) is 4.72. The lowest BCUT2D eigenvalue weighted by Crippen LogP contribution is -1.87. The summed E-state index contributed by atoms with van der Waals surface area (Å²) in [6, 6.07) is 7.51. The van der Waals surface area contributed by atoms with Crippen LogP contribution in [0.3, 0.4) is 0 Å². The Morgan fingerprint density at radius 1 is 1.32 bits per heavy atom. The first-order valence-corrected chi connectivity index (χ1v) is 7.03. The number of nitrogen functional groups attached to an aromatic ring is 1. The molecule has 3 aromatic rings. The molecule has 3 nitrogen and oxygen atoms in total. The van der Waals surface area contributed by atoms with Gasteiger partial charge in [0, 0.05) is 16.0 Å². The van der Waals surface area contributed by atoms with E-state index in [1.807, 2.05) is 36.6 Å². The van der Waals surface area contributed by atoms with Crippen molar-refractivity contribution in [3.05, 3.63) is 45.6 Å². The lowest BCUT2D eigenvalue weighted by atomic mass is 10.0. The topological polar surface area (TPSA) is 52.0 Å². The Labute approximate surface area is 119 Å². The summed E-state index contributed by atoms with van der Waals surface area (Å²) in [5.41, 5.74) is 10.6. The number of aryl methyl sites for hydroxylation is 1. The number of hydrogen-bond acceptors (Lipinski definition) is 4. The van der Waals surface area contributed by atoms with E-state index in [1.54, 1.807) is 11.3 Å². The van der Waals surface area contributed by atoms with E-state index < -0.39 is 0 Å². The van der Waals surface area contributed by atoms with E-state index in [0.29, 0.717) is 10.9 Å². The van der Waals surface area contributed by atoms with E-state index in [0.717, 1.165) is 27.9 Å². The number of thiophene rings is 1. The van der Waals surface area contributed by atoms with Gasteiger partial charge in [0.05, 0.1) is 5.56 Å². The maximum absolute atomic E-state index is 6.03. The number of nitrogens with two attached hydrogens (primary N) is 1. The SMILES string of the molecule is Cc1cscc1-c1noc(N)c1-c1cccc(Cl)c1. The number of aromatic nitrogens is 1. The lowest BCUT2D eigenvalue weighted by Gasteiger charge is -2.03. The summed E-state index contributed by atoms with van der Waals surface area (Å²) in [6.07, 6.45) is 0. The molecule has 2 heterocycles. The highest BCUT2D eigenvalue weighted by Crippen LogP contribution is 2.39. The zero-order valence-electron chi connectivity index (χ0n) is 10.2. The van der Waals surface area contributed by atoms with Gasteiger partial charge in [-0.1, -0.05) is 28.9 Å². The molecule has 0 fully saturated rings. The van der Waals surface area contributed by atoms with Gasteiger partial charge in [-0.3, -0.25) is 0 Å².